The Morgan fingerprint density at radius 3 is 2.43 bits per heavy atom. The van der Waals surface area contributed by atoms with Crippen molar-refractivity contribution in [3.8, 4) is 0 Å². The lowest BCUT2D eigenvalue weighted by Crippen LogP contribution is -2.45. The molecular weight excluding hydrogens is 355 g/mol. The van der Waals surface area contributed by atoms with Gasteiger partial charge in [-0.1, -0.05) is 48.5 Å². The van der Waals surface area contributed by atoms with Gasteiger partial charge in [0.2, 0.25) is 5.91 Å². The fraction of sp³-hybridized carbons (Fsp3) is 0.364. The number of rotatable bonds is 8. The van der Waals surface area contributed by atoms with Gasteiger partial charge in [0.1, 0.15) is 5.82 Å². The zero-order chi connectivity index (χ0) is 19.8. The van der Waals surface area contributed by atoms with Gasteiger partial charge in [-0.15, -0.1) is 0 Å². The molecular formula is C22H27FN4O. The highest BCUT2D eigenvalue weighted by molar-refractivity contribution is 5.86. The normalized spacial score (nSPS) is 15.0. The van der Waals surface area contributed by atoms with Gasteiger partial charge in [0.15, 0.2) is 5.96 Å². The van der Waals surface area contributed by atoms with Crippen LogP contribution in [0.2, 0.25) is 0 Å². The summed E-state index contributed by atoms with van der Waals surface area (Å²) in [6, 6.07) is 17.0. The number of carbonyl (C=O) groups excluding carboxylic acids is 1. The summed E-state index contributed by atoms with van der Waals surface area (Å²) >= 11 is 0. The molecule has 6 heteroatoms. The topological polar surface area (TPSA) is 65.5 Å². The van der Waals surface area contributed by atoms with Crippen molar-refractivity contribution in [1.29, 1.82) is 0 Å². The first-order valence-electron chi connectivity index (χ1n) is 9.63. The molecule has 0 aliphatic heterocycles. The summed E-state index contributed by atoms with van der Waals surface area (Å²) in [6.07, 6.45) is 2.68. The van der Waals surface area contributed by atoms with Gasteiger partial charge in [-0.2, -0.15) is 0 Å². The average molecular weight is 382 g/mol. The molecule has 2 aromatic rings. The minimum atomic E-state index is -0.180. The molecule has 0 radical (unpaired) electrons. The molecule has 0 aromatic heterocycles. The van der Waals surface area contributed by atoms with Gasteiger partial charge < -0.3 is 16.0 Å². The van der Waals surface area contributed by atoms with Crippen molar-refractivity contribution in [3.63, 3.8) is 0 Å². The van der Waals surface area contributed by atoms with E-state index in [0.717, 1.165) is 24.8 Å². The van der Waals surface area contributed by atoms with Crippen LogP contribution >= 0.6 is 0 Å². The predicted molar refractivity (Wildman–Crippen MR) is 110 cm³/mol. The van der Waals surface area contributed by atoms with Crippen molar-refractivity contribution in [3.05, 3.63) is 71.5 Å². The van der Waals surface area contributed by atoms with Gasteiger partial charge in [-0.25, -0.2) is 4.39 Å². The Bertz CT molecular complexity index is 818. The lowest BCUT2D eigenvalue weighted by Gasteiger charge is -2.19. The van der Waals surface area contributed by atoms with Crippen LogP contribution in [0.1, 0.15) is 24.0 Å². The average Bonchev–Trinajstić information content (AvgIpc) is 3.50. The van der Waals surface area contributed by atoms with Crippen LogP contribution in [0.3, 0.4) is 0 Å². The van der Waals surface area contributed by atoms with Crippen molar-refractivity contribution in [2.75, 3.05) is 26.7 Å². The first-order chi connectivity index (χ1) is 13.6. The lowest BCUT2D eigenvalue weighted by atomic mass is 9.95. The second-order valence-corrected chi connectivity index (χ2v) is 7.13. The number of amides is 1. The fourth-order valence-corrected chi connectivity index (χ4v) is 3.27. The van der Waals surface area contributed by atoms with Gasteiger partial charge in [0.05, 0.1) is 6.54 Å². The highest BCUT2D eigenvalue weighted by Crippen LogP contribution is 2.48. The zero-order valence-corrected chi connectivity index (χ0v) is 16.2. The Balaban J connectivity index is 1.40. The smallest absolute Gasteiger partial charge is 0.239 e. The van der Waals surface area contributed by atoms with E-state index >= 15 is 0 Å². The molecule has 0 atom stereocenters. The lowest BCUT2D eigenvalue weighted by molar-refractivity contribution is -0.119. The monoisotopic (exact) mass is 382 g/mol. The van der Waals surface area contributed by atoms with Crippen LogP contribution in [0.15, 0.2) is 59.6 Å². The molecule has 0 unspecified atom stereocenters. The number of aliphatic imine (C=N–C) groups is 1. The van der Waals surface area contributed by atoms with Crippen LogP contribution in [0, 0.1) is 5.82 Å². The second-order valence-electron chi connectivity index (χ2n) is 7.13. The number of nitrogens with one attached hydrogen (secondary N) is 3. The van der Waals surface area contributed by atoms with E-state index in [1.54, 1.807) is 13.1 Å². The molecule has 0 bridgehead atoms. The van der Waals surface area contributed by atoms with Crippen LogP contribution < -0.4 is 16.0 Å². The van der Waals surface area contributed by atoms with Crippen molar-refractivity contribution in [2.45, 2.75) is 24.7 Å². The van der Waals surface area contributed by atoms with E-state index in [4.69, 9.17) is 0 Å². The maximum absolute atomic E-state index is 14.1. The van der Waals surface area contributed by atoms with Crippen LogP contribution in [0.5, 0.6) is 0 Å². The number of guanidine groups is 1. The van der Waals surface area contributed by atoms with E-state index in [-0.39, 0.29) is 23.7 Å². The molecule has 5 nitrogen and oxygen atoms in total. The molecule has 28 heavy (non-hydrogen) atoms. The van der Waals surface area contributed by atoms with Gasteiger partial charge >= 0.3 is 0 Å². The Labute approximate surface area is 165 Å². The van der Waals surface area contributed by atoms with E-state index in [9.17, 15) is 9.18 Å². The molecule has 3 rings (SSSR count). The minimum Gasteiger partial charge on any atom is -0.356 e. The van der Waals surface area contributed by atoms with Gasteiger partial charge in [-0.05, 0) is 36.5 Å². The molecule has 0 heterocycles. The van der Waals surface area contributed by atoms with Crippen LogP contribution in [-0.2, 0) is 16.6 Å². The molecule has 1 fully saturated rings. The summed E-state index contributed by atoms with van der Waals surface area (Å²) in [7, 11) is 1.66. The SMILES string of the molecule is CN=C(NCC(=O)NCCc1ccccc1)NCC1(c2ccccc2F)CC1. The number of halogens is 1. The highest BCUT2D eigenvalue weighted by Gasteiger charge is 2.45. The van der Waals surface area contributed by atoms with E-state index in [0.29, 0.717) is 19.0 Å². The summed E-state index contributed by atoms with van der Waals surface area (Å²) in [5.41, 5.74) is 1.76. The van der Waals surface area contributed by atoms with Crippen LogP contribution in [0.25, 0.3) is 0 Å². The first kappa shape index (κ1) is 19.9. The number of carbonyl (C=O) groups is 1. The molecule has 1 amide bonds. The zero-order valence-electron chi connectivity index (χ0n) is 16.2. The van der Waals surface area contributed by atoms with Gasteiger partial charge in [-0.3, -0.25) is 9.79 Å². The van der Waals surface area contributed by atoms with Crippen molar-refractivity contribution in [1.82, 2.24) is 16.0 Å². The summed E-state index contributed by atoms with van der Waals surface area (Å²) < 4.78 is 14.1. The first-order valence-corrected chi connectivity index (χ1v) is 9.63. The Kier molecular flexibility index (Phi) is 6.63. The standard InChI is InChI=1S/C22H27FN4O/c1-24-21(26-15-20(28)25-14-11-17-7-3-2-4-8-17)27-16-22(12-13-22)18-9-5-6-10-19(18)23/h2-10H,11-16H2,1H3,(H,25,28)(H2,24,26,27). The molecule has 0 saturated heterocycles. The van der Waals surface area contributed by atoms with Gasteiger partial charge in [0, 0.05) is 25.6 Å². The summed E-state index contributed by atoms with van der Waals surface area (Å²) in [6.45, 7) is 1.32. The van der Waals surface area contributed by atoms with Crippen molar-refractivity contribution < 1.29 is 9.18 Å². The van der Waals surface area contributed by atoms with Crippen LogP contribution in [-0.4, -0.2) is 38.5 Å². The molecule has 1 saturated carbocycles. The van der Waals surface area contributed by atoms with E-state index < -0.39 is 0 Å². The molecule has 1 aliphatic rings. The minimum absolute atomic E-state index is 0.0888. The summed E-state index contributed by atoms with van der Waals surface area (Å²) in [5.74, 6) is 0.289. The molecule has 0 spiro atoms. The van der Waals surface area contributed by atoms with E-state index in [1.807, 2.05) is 42.5 Å². The molecule has 148 valence electrons. The highest BCUT2D eigenvalue weighted by atomic mass is 19.1. The number of benzene rings is 2. The van der Waals surface area contributed by atoms with Crippen molar-refractivity contribution >= 4 is 11.9 Å². The Morgan fingerprint density at radius 2 is 1.75 bits per heavy atom. The number of nitrogens with zero attached hydrogens (tertiary/aromatic N) is 1. The number of hydrogen-bond donors (Lipinski definition) is 3. The number of hydrogen-bond acceptors (Lipinski definition) is 2. The molecule has 2 aromatic carbocycles. The van der Waals surface area contributed by atoms with Crippen molar-refractivity contribution in [2.24, 2.45) is 4.99 Å². The fourth-order valence-electron chi connectivity index (χ4n) is 3.27. The quantitative estimate of drug-likeness (QED) is 0.485. The third kappa shape index (κ3) is 5.31. The summed E-state index contributed by atoms with van der Waals surface area (Å²) in [4.78, 5) is 16.2. The Hall–Kier alpha value is -2.89. The largest absolute Gasteiger partial charge is 0.356 e. The Morgan fingerprint density at radius 1 is 1.04 bits per heavy atom. The van der Waals surface area contributed by atoms with Gasteiger partial charge in [0.25, 0.3) is 0 Å². The second kappa shape index (κ2) is 9.35. The van der Waals surface area contributed by atoms with Crippen LogP contribution in [0.4, 0.5) is 4.39 Å². The van der Waals surface area contributed by atoms with E-state index in [1.165, 1.54) is 11.6 Å². The maximum atomic E-state index is 14.1. The molecule has 1 aliphatic carbocycles. The third-order valence-corrected chi connectivity index (χ3v) is 5.11. The molecule has 3 N–H and O–H groups in total. The maximum Gasteiger partial charge on any atom is 0.239 e. The van der Waals surface area contributed by atoms with E-state index in [2.05, 4.69) is 20.9 Å². The predicted octanol–water partition coefficient (Wildman–Crippen LogP) is 2.38. The third-order valence-electron chi connectivity index (χ3n) is 5.11. The summed E-state index contributed by atoms with van der Waals surface area (Å²) in [5, 5.41) is 9.14.